The Morgan fingerprint density at radius 3 is 2.59 bits per heavy atom. The van der Waals surface area contributed by atoms with E-state index in [4.69, 9.17) is 5.11 Å². The van der Waals surface area contributed by atoms with Crippen LogP contribution in [0.25, 0.3) is 0 Å². The molecular formula is C11H20N2O4. The van der Waals surface area contributed by atoms with E-state index in [0.717, 1.165) is 0 Å². The minimum atomic E-state index is -0.938. The van der Waals surface area contributed by atoms with Gasteiger partial charge in [-0.1, -0.05) is 6.92 Å². The van der Waals surface area contributed by atoms with Crippen LogP contribution >= 0.6 is 0 Å². The highest BCUT2D eigenvalue weighted by atomic mass is 16.4. The summed E-state index contributed by atoms with van der Waals surface area (Å²) in [5.74, 6) is -1.16. The number of carboxylic acid groups (broad SMARTS) is 1. The Morgan fingerprint density at radius 2 is 2.18 bits per heavy atom. The van der Waals surface area contributed by atoms with Crippen molar-refractivity contribution >= 4 is 11.9 Å². The lowest BCUT2D eigenvalue weighted by atomic mass is 9.87. The Hall–Kier alpha value is -1.14. The van der Waals surface area contributed by atoms with Crippen LogP contribution < -0.4 is 10.6 Å². The van der Waals surface area contributed by atoms with Gasteiger partial charge in [-0.25, -0.2) is 0 Å². The van der Waals surface area contributed by atoms with Crippen LogP contribution in [-0.2, 0) is 9.59 Å². The fourth-order valence-electron chi connectivity index (χ4n) is 1.67. The SMILES string of the molecule is CCC(C)(CNC(=O)C1CC(O)CN1)C(=O)O. The van der Waals surface area contributed by atoms with Gasteiger partial charge < -0.3 is 20.8 Å². The van der Waals surface area contributed by atoms with Crippen LogP contribution in [0.1, 0.15) is 26.7 Å². The second kappa shape index (κ2) is 5.46. The van der Waals surface area contributed by atoms with E-state index in [9.17, 15) is 14.7 Å². The van der Waals surface area contributed by atoms with E-state index >= 15 is 0 Å². The summed E-state index contributed by atoms with van der Waals surface area (Å²) in [6.45, 7) is 3.89. The number of hydrogen-bond donors (Lipinski definition) is 4. The molecule has 1 fully saturated rings. The molecule has 4 N–H and O–H groups in total. The van der Waals surface area contributed by atoms with Crippen molar-refractivity contribution in [2.75, 3.05) is 13.1 Å². The number of nitrogens with one attached hydrogen (secondary N) is 2. The highest BCUT2D eigenvalue weighted by molar-refractivity contribution is 5.83. The summed E-state index contributed by atoms with van der Waals surface area (Å²) in [5, 5.41) is 23.8. The van der Waals surface area contributed by atoms with E-state index in [1.165, 1.54) is 0 Å². The van der Waals surface area contributed by atoms with Crippen molar-refractivity contribution in [3.63, 3.8) is 0 Å². The minimum absolute atomic E-state index is 0.103. The molecule has 0 aliphatic carbocycles. The molecule has 1 rings (SSSR count). The fraction of sp³-hybridized carbons (Fsp3) is 0.818. The molecular weight excluding hydrogens is 224 g/mol. The molecule has 1 amide bonds. The zero-order valence-corrected chi connectivity index (χ0v) is 10.2. The van der Waals surface area contributed by atoms with Gasteiger partial charge in [-0.05, 0) is 19.8 Å². The van der Waals surface area contributed by atoms with Crippen molar-refractivity contribution in [3.05, 3.63) is 0 Å². The standard InChI is InChI=1S/C11H20N2O4/c1-3-11(2,10(16)17)6-13-9(15)8-4-7(14)5-12-8/h7-8,12,14H,3-6H2,1-2H3,(H,13,15)(H,16,17). The van der Waals surface area contributed by atoms with Gasteiger partial charge in [-0.15, -0.1) is 0 Å². The number of carboxylic acids is 1. The number of aliphatic hydroxyl groups excluding tert-OH is 1. The van der Waals surface area contributed by atoms with Crippen molar-refractivity contribution in [3.8, 4) is 0 Å². The van der Waals surface area contributed by atoms with E-state index in [-0.39, 0.29) is 12.5 Å². The fourth-order valence-corrected chi connectivity index (χ4v) is 1.67. The van der Waals surface area contributed by atoms with Crippen LogP contribution in [0.4, 0.5) is 0 Å². The molecule has 3 unspecified atom stereocenters. The molecule has 6 heteroatoms. The molecule has 1 aliphatic heterocycles. The number of aliphatic hydroxyl groups is 1. The lowest BCUT2D eigenvalue weighted by Gasteiger charge is -2.24. The molecule has 0 radical (unpaired) electrons. The van der Waals surface area contributed by atoms with Crippen molar-refractivity contribution in [2.45, 2.75) is 38.8 Å². The van der Waals surface area contributed by atoms with Crippen molar-refractivity contribution in [1.82, 2.24) is 10.6 Å². The van der Waals surface area contributed by atoms with Gasteiger partial charge in [0, 0.05) is 13.1 Å². The van der Waals surface area contributed by atoms with Gasteiger partial charge in [-0.2, -0.15) is 0 Å². The Labute approximate surface area is 100 Å². The summed E-state index contributed by atoms with van der Waals surface area (Å²) in [7, 11) is 0. The summed E-state index contributed by atoms with van der Waals surface area (Å²) in [4.78, 5) is 22.7. The average molecular weight is 244 g/mol. The third-order valence-electron chi connectivity index (χ3n) is 3.37. The number of carbonyl (C=O) groups is 2. The largest absolute Gasteiger partial charge is 0.481 e. The number of carbonyl (C=O) groups excluding carboxylic acids is 1. The van der Waals surface area contributed by atoms with E-state index < -0.39 is 23.5 Å². The van der Waals surface area contributed by atoms with E-state index in [2.05, 4.69) is 10.6 Å². The summed E-state index contributed by atoms with van der Waals surface area (Å²) in [6, 6.07) is -0.417. The highest BCUT2D eigenvalue weighted by Crippen LogP contribution is 2.20. The minimum Gasteiger partial charge on any atom is -0.481 e. The first-order valence-electron chi connectivity index (χ1n) is 5.81. The first-order chi connectivity index (χ1) is 7.89. The third-order valence-corrected chi connectivity index (χ3v) is 3.37. The van der Waals surface area contributed by atoms with E-state index in [1.807, 2.05) is 0 Å². The van der Waals surface area contributed by atoms with Crippen LogP contribution in [-0.4, -0.2) is 47.3 Å². The maximum Gasteiger partial charge on any atom is 0.311 e. The Balaban J connectivity index is 2.45. The van der Waals surface area contributed by atoms with Gasteiger partial charge in [0.15, 0.2) is 0 Å². The average Bonchev–Trinajstić information content (AvgIpc) is 2.72. The van der Waals surface area contributed by atoms with Crippen LogP contribution in [0.2, 0.25) is 0 Å². The lowest BCUT2D eigenvalue weighted by molar-refractivity contribution is -0.148. The summed E-state index contributed by atoms with van der Waals surface area (Å²) >= 11 is 0. The van der Waals surface area contributed by atoms with Crippen molar-refractivity contribution < 1.29 is 19.8 Å². The van der Waals surface area contributed by atoms with Gasteiger partial charge in [-0.3, -0.25) is 9.59 Å². The lowest BCUT2D eigenvalue weighted by Crippen LogP contribution is -2.46. The van der Waals surface area contributed by atoms with Crippen LogP contribution in [0.5, 0.6) is 0 Å². The quantitative estimate of drug-likeness (QED) is 0.514. The molecule has 0 bridgehead atoms. The molecule has 17 heavy (non-hydrogen) atoms. The molecule has 6 nitrogen and oxygen atoms in total. The first-order valence-corrected chi connectivity index (χ1v) is 5.81. The maximum atomic E-state index is 11.7. The molecule has 0 aromatic rings. The topological polar surface area (TPSA) is 98.7 Å². The molecule has 0 saturated carbocycles. The first kappa shape index (κ1) is 13.9. The van der Waals surface area contributed by atoms with E-state index in [0.29, 0.717) is 19.4 Å². The molecule has 0 spiro atoms. The predicted octanol–water partition coefficient (Wildman–Crippen LogP) is -0.674. The Bertz CT molecular complexity index is 308. The van der Waals surface area contributed by atoms with Crippen molar-refractivity contribution in [2.24, 2.45) is 5.41 Å². The summed E-state index contributed by atoms with van der Waals surface area (Å²) in [6.07, 6.45) is 0.327. The normalized spacial score (nSPS) is 27.5. The third kappa shape index (κ3) is 3.41. The predicted molar refractivity (Wildman–Crippen MR) is 61.5 cm³/mol. The summed E-state index contributed by atoms with van der Waals surface area (Å²) in [5.41, 5.74) is -0.938. The monoisotopic (exact) mass is 244 g/mol. The van der Waals surface area contributed by atoms with Gasteiger partial charge in [0.2, 0.25) is 5.91 Å². The maximum absolute atomic E-state index is 11.7. The smallest absolute Gasteiger partial charge is 0.311 e. The number of rotatable bonds is 5. The number of aliphatic carboxylic acids is 1. The van der Waals surface area contributed by atoms with Crippen LogP contribution in [0, 0.1) is 5.41 Å². The molecule has 1 aliphatic rings. The zero-order valence-electron chi connectivity index (χ0n) is 10.2. The van der Waals surface area contributed by atoms with E-state index in [1.54, 1.807) is 13.8 Å². The second-order valence-electron chi connectivity index (χ2n) is 4.79. The van der Waals surface area contributed by atoms with Gasteiger partial charge in [0.05, 0.1) is 17.6 Å². The zero-order chi connectivity index (χ0) is 13.1. The molecule has 98 valence electrons. The van der Waals surface area contributed by atoms with Gasteiger partial charge >= 0.3 is 5.97 Å². The number of amides is 1. The number of β-amino-alcohol motifs (C(OH)–C–C–N with tert-alkyl or cyclic N) is 1. The van der Waals surface area contributed by atoms with Crippen LogP contribution in [0.15, 0.2) is 0 Å². The molecule has 0 aromatic carbocycles. The van der Waals surface area contributed by atoms with Gasteiger partial charge in [0.1, 0.15) is 0 Å². The second-order valence-corrected chi connectivity index (χ2v) is 4.79. The molecule has 3 atom stereocenters. The van der Waals surface area contributed by atoms with Gasteiger partial charge in [0.25, 0.3) is 0 Å². The Kier molecular flexibility index (Phi) is 4.47. The molecule has 1 saturated heterocycles. The highest BCUT2D eigenvalue weighted by Gasteiger charge is 2.33. The molecule has 1 heterocycles. The molecule has 0 aromatic heterocycles. The summed E-state index contributed by atoms with van der Waals surface area (Å²) < 4.78 is 0. The number of hydrogen-bond acceptors (Lipinski definition) is 4. The van der Waals surface area contributed by atoms with Crippen molar-refractivity contribution in [1.29, 1.82) is 0 Å². The Morgan fingerprint density at radius 1 is 1.53 bits per heavy atom. The van der Waals surface area contributed by atoms with Crippen LogP contribution in [0.3, 0.4) is 0 Å².